The largest absolute Gasteiger partial charge is 0.456 e. The number of rotatable bonds is 2. The predicted molar refractivity (Wildman–Crippen MR) is 166 cm³/mol. The van der Waals surface area contributed by atoms with Crippen molar-refractivity contribution in [2.75, 3.05) is 0 Å². The molecule has 3 heteroatoms. The molecule has 0 aliphatic rings. The first-order valence-electron chi connectivity index (χ1n) is 13.2. The van der Waals surface area contributed by atoms with Crippen molar-refractivity contribution in [1.29, 1.82) is 0 Å². The number of hydrogen-bond acceptors (Lipinski definition) is 2. The van der Waals surface area contributed by atoms with Crippen molar-refractivity contribution in [3.05, 3.63) is 127 Å². The second-order valence-electron chi connectivity index (χ2n) is 10.1. The van der Waals surface area contributed by atoms with Crippen LogP contribution in [0.1, 0.15) is 0 Å². The summed E-state index contributed by atoms with van der Waals surface area (Å²) in [6.45, 7) is 0. The van der Waals surface area contributed by atoms with E-state index in [1.54, 1.807) is 0 Å². The van der Waals surface area contributed by atoms with Crippen LogP contribution in [0.5, 0.6) is 0 Å². The molecule has 6 aromatic carbocycles. The highest BCUT2D eigenvalue weighted by Gasteiger charge is 2.18. The van der Waals surface area contributed by atoms with Crippen LogP contribution in [0, 0.1) is 0 Å². The molecular weight excluding hydrogens is 494 g/mol. The van der Waals surface area contributed by atoms with Crippen LogP contribution in [0.3, 0.4) is 0 Å². The van der Waals surface area contributed by atoms with Gasteiger partial charge in [0.2, 0.25) is 0 Å². The van der Waals surface area contributed by atoms with Gasteiger partial charge in [-0.15, -0.1) is 11.3 Å². The molecule has 0 bridgehead atoms. The maximum Gasteiger partial charge on any atom is 0.137 e. The second kappa shape index (κ2) is 7.83. The molecule has 2 nitrogen and oxygen atoms in total. The van der Waals surface area contributed by atoms with Crippen LogP contribution in [0.15, 0.2) is 132 Å². The Labute approximate surface area is 227 Å². The zero-order valence-electron chi connectivity index (χ0n) is 20.9. The minimum Gasteiger partial charge on any atom is -0.456 e. The van der Waals surface area contributed by atoms with Gasteiger partial charge in [-0.3, -0.25) is 0 Å². The number of thiophene rings is 1. The van der Waals surface area contributed by atoms with Gasteiger partial charge in [-0.1, -0.05) is 78.9 Å². The molecule has 0 N–H and O–H groups in total. The van der Waals surface area contributed by atoms with E-state index in [-0.39, 0.29) is 0 Å². The van der Waals surface area contributed by atoms with Crippen molar-refractivity contribution in [2.24, 2.45) is 0 Å². The van der Waals surface area contributed by atoms with E-state index < -0.39 is 0 Å². The van der Waals surface area contributed by atoms with Gasteiger partial charge in [-0.25, -0.2) is 0 Å². The fraction of sp³-hybridized carbons (Fsp3) is 0. The summed E-state index contributed by atoms with van der Waals surface area (Å²) >= 11 is 1.85. The van der Waals surface area contributed by atoms with E-state index in [9.17, 15) is 0 Å². The van der Waals surface area contributed by atoms with Crippen molar-refractivity contribution in [3.63, 3.8) is 0 Å². The molecular formula is C36H21NOS. The van der Waals surface area contributed by atoms with E-state index >= 15 is 0 Å². The third-order valence-corrected chi connectivity index (χ3v) is 9.15. The Morgan fingerprint density at radius 3 is 2.00 bits per heavy atom. The maximum absolute atomic E-state index is 6.55. The van der Waals surface area contributed by atoms with Crippen molar-refractivity contribution in [2.45, 2.75) is 0 Å². The second-order valence-corrected chi connectivity index (χ2v) is 11.2. The summed E-state index contributed by atoms with van der Waals surface area (Å²) < 4.78 is 11.6. The van der Waals surface area contributed by atoms with Crippen LogP contribution in [0.2, 0.25) is 0 Å². The lowest BCUT2D eigenvalue weighted by molar-refractivity contribution is 0.669. The number of aromatic nitrogens is 1. The van der Waals surface area contributed by atoms with E-state index in [0.717, 1.165) is 27.6 Å². The summed E-state index contributed by atoms with van der Waals surface area (Å²) in [6, 6.07) is 45.7. The van der Waals surface area contributed by atoms with Gasteiger partial charge < -0.3 is 8.98 Å². The van der Waals surface area contributed by atoms with Gasteiger partial charge in [0.15, 0.2) is 0 Å². The average molecular weight is 516 g/mol. The molecule has 3 aromatic heterocycles. The number of benzene rings is 6. The minimum atomic E-state index is 0.903. The Morgan fingerprint density at radius 2 is 1.18 bits per heavy atom. The molecule has 0 amide bonds. The molecule has 0 aliphatic heterocycles. The van der Waals surface area contributed by atoms with E-state index in [2.05, 4.69) is 132 Å². The van der Waals surface area contributed by atoms with Gasteiger partial charge in [0.05, 0.1) is 22.1 Å². The zero-order valence-corrected chi connectivity index (χ0v) is 21.7. The molecule has 0 saturated carbocycles. The predicted octanol–water partition coefficient (Wildman–Crippen LogP) is 10.7. The normalized spacial score (nSPS) is 12.1. The lowest BCUT2D eigenvalue weighted by Gasteiger charge is -2.09. The van der Waals surface area contributed by atoms with E-state index in [0.29, 0.717) is 0 Å². The highest BCUT2D eigenvalue weighted by molar-refractivity contribution is 7.25. The first-order chi connectivity index (χ1) is 19.3. The summed E-state index contributed by atoms with van der Waals surface area (Å²) in [5, 5.41) is 7.43. The number of fused-ring (bicyclic) bond motifs is 9. The van der Waals surface area contributed by atoms with Crippen LogP contribution in [-0.4, -0.2) is 4.57 Å². The Bertz CT molecular complexity index is 2350. The lowest BCUT2D eigenvalue weighted by atomic mass is 9.98. The number of furan rings is 1. The third kappa shape index (κ3) is 2.91. The SMILES string of the molecule is c1cc(-n2c3ccccc3c3ccccc32)c2c(c1)oc1cc(-c3cccc4sc5ccccc5c34)ccc12. The van der Waals surface area contributed by atoms with E-state index in [4.69, 9.17) is 4.42 Å². The van der Waals surface area contributed by atoms with Crippen LogP contribution >= 0.6 is 11.3 Å². The molecule has 0 spiro atoms. The molecule has 9 rings (SSSR count). The highest BCUT2D eigenvalue weighted by Crippen LogP contribution is 2.43. The van der Waals surface area contributed by atoms with Crippen molar-refractivity contribution < 1.29 is 4.42 Å². The topological polar surface area (TPSA) is 18.1 Å². The fourth-order valence-electron chi connectivity index (χ4n) is 6.36. The van der Waals surface area contributed by atoms with E-state index in [1.165, 1.54) is 53.1 Å². The number of nitrogens with zero attached hydrogens (tertiary/aromatic N) is 1. The molecule has 9 aromatic rings. The standard InChI is InChI=1S/C36H21NOS/c1-4-13-28-24(9-1)25-10-2-5-14-29(25)37(28)30-15-8-16-31-36(30)26-20-19-22(21-32(26)38-31)23-12-7-18-34-35(23)27-11-3-6-17-33(27)39-34/h1-21H. The van der Waals surface area contributed by atoms with Gasteiger partial charge in [-0.05, 0) is 59.7 Å². The molecule has 0 atom stereocenters. The zero-order chi connectivity index (χ0) is 25.5. The van der Waals surface area contributed by atoms with Gasteiger partial charge in [0, 0.05) is 36.3 Å². The summed E-state index contributed by atoms with van der Waals surface area (Å²) in [5.41, 5.74) is 7.78. The lowest BCUT2D eigenvalue weighted by Crippen LogP contribution is -1.94. The Hall–Kier alpha value is -4.86. The third-order valence-electron chi connectivity index (χ3n) is 8.01. The minimum absolute atomic E-state index is 0.903. The molecule has 3 heterocycles. The number of hydrogen-bond donors (Lipinski definition) is 0. The first kappa shape index (κ1) is 21.1. The number of para-hydroxylation sites is 2. The molecule has 0 radical (unpaired) electrons. The van der Waals surface area contributed by atoms with Gasteiger partial charge in [-0.2, -0.15) is 0 Å². The molecule has 182 valence electrons. The Kier molecular flexibility index (Phi) is 4.24. The monoisotopic (exact) mass is 515 g/mol. The Morgan fingerprint density at radius 1 is 0.487 bits per heavy atom. The fourth-order valence-corrected chi connectivity index (χ4v) is 7.49. The van der Waals surface area contributed by atoms with Crippen molar-refractivity contribution in [3.8, 4) is 16.8 Å². The summed E-state index contributed by atoms with van der Waals surface area (Å²) in [4.78, 5) is 0. The molecule has 39 heavy (non-hydrogen) atoms. The summed E-state index contributed by atoms with van der Waals surface area (Å²) in [7, 11) is 0. The molecule has 0 unspecified atom stereocenters. The van der Waals surface area contributed by atoms with Gasteiger partial charge in [0.1, 0.15) is 11.2 Å². The first-order valence-corrected chi connectivity index (χ1v) is 14.0. The average Bonchev–Trinajstić information content (AvgIpc) is 3.66. The van der Waals surface area contributed by atoms with Crippen molar-refractivity contribution in [1.82, 2.24) is 4.57 Å². The summed E-state index contributed by atoms with van der Waals surface area (Å²) in [6.07, 6.45) is 0. The quantitative estimate of drug-likeness (QED) is 0.224. The molecule has 0 aliphatic carbocycles. The van der Waals surface area contributed by atoms with Crippen LogP contribution in [0.4, 0.5) is 0 Å². The van der Waals surface area contributed by atoms with Gasteiger partial charge >= 0.3 is 0 Å². The van der Waals surface area contributed by atoms with Crippen LogP contribution in [-0.2, 0) is 0 Å². The molecule has 0 saturated heterocycles. The highest BCUT2D eigenvalue weighted by atomic mass is 32.1. The van der Waals surface area contributed by atoms with Crippen LogP contribution < -0.4 is 0 Å². The van der Waals surface area contributed by atoms with Crippen molar-refractivity contribution >= 4 is 75.3 Å². The maximum atomic E-state index is 6.55. The van der Waals surface area contributed by atoms with Gasteiger partial charge in [0.25, 0.3) is 0 Å². The van der Waals surface area contributed by atoms with E-state index in [1.807, 2.05) is 11.3 Å². The smallest absolute Gasteiger partial charge is 0.137 e. The Balaban J connectivity index is 1.32. The van der Waals surface area contributed by atoms with Crippen LogP contribution in [0.25, 0.3) is 80.7 Å². The summed E-state index contributed by atoms with van der Waals surface area (Å²) in [5.74, 6) is 0. The molecule has 0 fully saturated rings.